The van der Waals surface area contributed by atoms with Crippen molar-refractivity contribution >= 4 is 11.8 Å². The number of nitrogens with one attached hydrogen (secondary N) is 1. The molecule has 0 saturated carbocycles. The molecule has 1 atom stereocenters. The summed E-state index contributed by atoms with van der Waals surface area (Å²) in [5, 5.41) is 2.82. The summed E-state index contributed by atoms with van der Waals surface area (Å²) < 4.78 is 13.3. The molecule has 0 aromatic heterocycles. The number of hydrogen-bond donors (Lipinski definition) is 1. The lowest BCUT2D eigenvalue weighted by Gasteiger charge is -2.31. The van der Waals surface area contributed by atoms with E-state index >= 15 is 0 Å². The van der Waals surface area contributed by atoms with Gasteiger partial charge in [-0.3, -0.25) is 9.59 Å². The molecule has 5 heteroatoms. The first-order valence-corrected chi connectivity index (χ1v) is 9.73. The molecule has 0 bridgehead atoms. The maximum atomic E-state index is 13.3. The molecule has 2 amide bonds. The molecule has 0 spiro atoms. The number of amides is 2. The van der Waals surface area contributed by atoms with Gasteiger partial charge in [-0.05, 0) is 56.0 Å². The minimum Gasteiger partial charge on any atom is -0.355 e. The Morgan fingerprint density at radius 1 is 1.07 bits per heavy atom. The summed E-state index contributed by atoms with van der Waals surface area (Å²) in [4.78, 5) is 27.4. The normalized spacial score (nSPS) is 11.8. The van der Waals surface area contributed by atoms with Crippen LogP contribution in [0.1, 0.15) is 42.5 Å². The van der Waals surface area contributed by atoms with Gasteiger partial charge in [-0.2, -0.15) is 0 Å². The van der Waals surface area contributed by atoms with E-state index in [4.69, 9.17) is 0 Å². The molecular weight excluding hydrogens is 355 g/mol. The highest BCUT2D eigenvalue weighted by atomic mass is 19.1. The molecule has 150 valence electrons. The highest BCUT2D eigenvalue weighted by Gasteiger charge is 2.28. The van der Waals surface area contributed by atoms with Crippen LogP contribution in [0.5, 0.6) is 0 Å². The number of hydrogen-bond acceptors (Lipinski definition) is 2. The van der Waals surface area contributed by atoms with Gasteiger partial charge in [-0.1, -0.05) is 42.8 Å². The molecule has 0 aliphatic carbocycles. The van der Waals surface area contributed by atoms with Crippen LogP contribution in [-0.4, -0.2) is 29.3 Å². The number of likely N-dealkylation sites (N-methyl/N-ethyl adjacent to an activating group) is 1. The van der Waals surface area contributed by atoms with Gasteiger partial charge in [0.25, 0.3) is 0 Å². The van der Waals surface area contributed by atoms with Crippen molar-refractivity contribution in [1.82, 2.24) is 10.2 Å². The summed E-state index contributed by atoms with van der Waals surface area (Å²) in [5.74, 6) is -0.606. The van der Waals surface area contributed by atoms with Gasteiger partial charge in [-0.15, -0.1) is 0 Å². The Labute approximate surface area is 166 Å². The number of carbonyl (C=O) groups excluding carboxylic acids is 2. The molecule has 2 rings (SSSR count). The fourth-order valence-electron chi connectivity index (χ4n) is 3.25. The highest BCUT2D eigenvalue weighted by molar-refractivity contribution is 5.88. The van der Waals surface area contributed by atoms with E-state index in [9.17, 15) is 14.0 Å². The van der Waals surface area contributed by atoms with Crippen LogP contribution < -0.4 is 5.32 Å². The number of nitrogens with zero attached hydrogens (tertiary/aromatic N) is 1. The summed E-state index contributed by atoms with van der Waals surface area (Å²) in [5.41, 5.74) is 3.89. The average Bonchev–Trinajstić information content (AvgIpc) is 2.66. The molecule has 1 N–H and O–H groups in total. The van der Waals surface area contributed by atoms with Crippen LogP contribution in [-0.2, 0) is 22.6 Å². The van der Waals surface area contributed by atoms with E-state index in [1.54, 1.807) is 17.0 Å². The number of rotatable bonds is 8. The predicted octanol–water partition coefficient (Wildman–Crippen LogP) is 3.93. The fraction of sp³-hybridized carbons (Fsp3) is 0.391. The third-order valence-corrected chi connectivity index (χ3v) is 4.85. The van der Waals surface area contributed by atoms with Crippen molar-refractivity contribution in [3.8, 4) is 0 Å². The molecule has 0 saturated heterocycles. The van der Waals surface area contributed by atoms with E-state index in [2.05, 4.69) is 5.32 Å². The Hall–Kier alpha value is -2.69. The Bertz CT molecular complexity index is 818. The first-order valence-electron chi connectivity index (χ1n) is 9.73. The number of benzene rings is 2. The Kier molecular flexibility index (Phi) is 7.73. The lowest BCUT2D eigenvalue weighted by atomic mass is 10.0. The second kappa shape index (κ2) is 10.0. The smallest absolute Gasteiger partial charge is 0.242 e. The molecule has 0 radical (unpaired) electrons. The molecule has 0 aliphatic rings. The Balaban J connectivity index is 2.32. The second-order valence-corrected chi connectivity index (χ2v) is 7.07. The molecule has 2 aromatic rings. The van der Waals surface area contributed by atoms with E-state index in [1.165, 1.54) is 12.1 Å². The largest absolute Gasteiger partial charge is 0.355 e. The first-order chi connectivity index (χ1) is 13.3. The zero-order valence-electron chi connectivity index (χ0n) is 17.1. The third kappa shape index (κ3) is 5.65. The zero-order chi connectivity index (χ0) is 20.7. The summed E-state index contributed by atoms with van der Waals surface area (Å²) in [6.07, 6.45) is 0.732. The predicted molar refractivity (Wildman–Crippen MR) is 109 cm³/mol. The average molecular weight is 384 g/mol. The van der Waals surface area contributed by atoms with Gasteiger partial charge in [0.2, 0.25) is 11.8 Å². The number of aryl methyl sites for hydroxylation is 2. The first kappa shape index (κ1) is 21.6. The van der Waals surface area contributed by atoms with Crippen molar-refractivity contribution < 1.29 is 14.0 Å². The Morgan fingerprint density at radius 3 is 2.36 bits per heavy atom. The maximum absolute atomic E-state index is 13.3. The minimum atomic E-state index is -0.567. The van der Waals surface area contributed by atoms with Crippen LogP contribution >= 0.6 is 0 Å². The van der Waals surface area contributed by atoms with Gasteiger partial charge in [0.05, 0.1) is 6.42 Å². The van der Waals surface area contributed by atoms with Crippen LogP contribution in [0.25, 0.3) is 0 Å². The van der Waals surface area contributed by atoms with Crippen molar-refractivity contribution in [3.05, 3.63) is 70.5 Å². The lowest BCUT2D eigenvalue weighted by molar-refractivity contribution is -0.140. The lowest BCUT2D eigenvalue weighted by Crippen LogP contribution is -2.49. The monoisotopic (exact) mass is 384 g/mol. The summed E-state index contributed by atoms with van der Waals surface area (Å²) >= 11 is 0. The zero-order valence-corrected chi connectivity index (χ0v) is 17.1. The van der Waals surface area contributed by atoms with Crippen LogP contribution in [0.4, 0.5) is 4.39 Å². The highest BCUT2D eigenvalue weighted by Crippen LogP contribution is 2.17. The van der Waals surface area contributed by atoms with Crippen LogP contribution in [0, 0.1) is 19.7 Å². The number of halogens is 1. The number of carbonyl (C=O) groups is 2. The van der Waals surface area contributed by atoms with Gasteiger partial charge in [0.1, 0.15) is 11.9 Å². The topological polar surface area (TPSA) is 49.4 Å². The van der Waals surface area contributed by atoms with Gasteiger partial charge in [-0.25, -0.2) is 4.39 Å². The summed E-state index contributed by atoms with van der Waals surface area (Å²) in [6, 6.07) is 11.5. The van der Waals surface area contributed by atoms with Crippen LogP contribution in [0.2, 0.25) is 0 Å². The van der Waals surface area contributed by atoms with Crippen molar-refractivity contribution in [2.45, 2.75) is 53.1 Å². The van der Waals surface area contributed by atoms with Crippen molar-refractivity contribution in [3.63, 3.8) is 0 Å². The summed E-state index contributed by atoms with van der Waals surface area (Å²) in [6.45, 7) is 8.49. The second-order valence-electron chi connectivity index (χ2n) is 7.07. The van der Waals surface area contributed by atoms with Crippen molar-refractivity contribution in [2.75, 3.05) is 6.54 Å². The van der Waals surface area contributed by atoms with Crippen LogP contribution in [0.15, 0.2) is 42.5 Å². The molecule has 28 heavy (non-hydrogen) atoms. The van der Waals surface area contributed by atoms with Gasteiger partial charge in [0, 0.05) is 13.1 Å². The Morgan fingerprint density at radius 2 is 1.75 bits per heavy atom. The molecular formula is C23H29FN2O2. The molecule has 1 unspecified atom stereocenters. The van der Waals surface area contributed by atoms with Gasteiger partial charge >= 0.3 is 0 Å². The SMILES string of the molecule is CCNC(=O)C(CC)N(Cc1ccc(F)cc1)C(=O)Cc1cc(C)ccc1C. The minimum absolute atomic E-state index is 0.115. The van der Waals surface area contributed by atoms with Crippen molar-refractivity contribution in [1.29, 1.82) is 0 Å². The van der Waals surface area contributed by atoms with E-state index in [-0.39, 0.29) is 30.6 Å². The molecule has 0 aliphatic heterocycles. The third-order valence-electron chi connectivity index (χ3n) is 4.85. The summed E-state index contributed by atoms with van der Waals surface area (Å²) in [7, 11) is 0. The molecule has 4 nitrogen and oxygen atoms in total. The van der Waals surface area contributed by atoms with Gasteiger partial charge < -0.3 is 10.2 Å². The maximum Gasteiger partial charge on any atom is 0.242 e. The van der Waals surface area contributed by atoms with Crippen LogP contribution in [0.3, 0.4) is 0 Å². The standard InChI is InChI=1S/C23H29FN2O2/c1-5-21(23(28)25-6-2)26(15-18-9-11-20(24)12-10-18)22(27)14-19-13-16(3)7-8-17(19)4/h7-13,21H,5-6,14-15H2,1-4H3,(H,25,28). The molecule has 2 aromatic carbocycles. The van der Waals surface area contributed by atoms with Crippen molar-refractivity contribution in [2.24, 2.45) is 0 Å². The van der Waals surface area contributed by atoms with E-state index < -0.39 is 6.04 Å². The van der Waals surface area contributed by atoms with Gasteiger partial charge in [0.15, 0.2) is 0 Å². The fourth-order valence-corrected chi connectivity index (χ4v) is 3.25. The van der Waals surface area contributed by atoms with E-state index in [0.717, 1.165) is 22.3 Å². The molecule has 0 heterocycles. The van der Waals surface area contributed by atoms with E-state index in [1.807, 2.05) is 45.9 Å². The van der Waals surface area contributed by atoms with E-state index in [0.29, 0.717) is 13.0 Å². The quantitative estimate of drug-likeness (QED) is 0.750. The molecule has 0 fully saturated rings.